The number of piperidine rings is 1. The standard InChI is InChI=1S/C19H19N3O3S/c23-17(13-24-15-7-2-1-3-8-15)22-10-4-6-14(12-22)18-20-21-19(25-18)16-9-5-11-26-16/h1-3,5,7-9,11,14H,4,6,10,12-13H2/t14-/m0/s1. The van der Waals surface area contributed by atoms with Crippen LogP contribution in [-0.2, 0) is 4.79 Å². The highest BCUT2D eigenvalue weighted by atomic mass is 32.1. The number of para-hydroxylation sites is 1. The number of hydrogen-bond acceptors (Lipinski definition) is 6. The van der Waals surface area contributed by atoms with Crippen molar-refractivity contribution in [2.45, 2.75) is 18.8 Å². The highest BCUT2D eigenvalue weighted by Gasteiger charge is 2.28. The van der Waals surface area contributed by atoms with Gasteiger partial charge in [-0.3, -0.25) is 4.79 Å². The van der Waals surface area contributed by atoms with Crippen molar-refractivity contribution in [3.63, 3.8) is 0 Å². The summed E-state index contributed by atoms with van der Waals surface area (Å²) < 4.78 is 11.4. The summed E-state index contributed by atoms with van der Waals surface area (Å²) in [5.41, 5.74) is 0. The Morgan fingerprint density at radius 2 is 2.12 bits per heavy atom. The SMILES string of the molecule is O=C(COc1ccccc1)N1CCC[C@H](c2nnc(-c3cccs3)o2)C1. The summed E-state index contributed by atoms with van der Waals surface area (Å²) in [4.78, 5) is 15.3. The first-order valence-electron chi connectivity index (χ1n) is 8.62. The average molecular weight is 369 g/mol. The molecule has 1 aliphatic heterocycles. The lowest BCUT2D eigenvalue weighted by Gasteiger charge is -2.31. The molecular formula is C19H19N3O3S. The van der Waals surface area contributed by atoms with Crippen molar-refractivity contribution >= 4 is 17.2 Å². The van der Waals surface area contributed by atoms with Crippen LogP contribution >= 0.6 is 11.3 Å². The summed E-state index contributed by atoms with van der Waals surface area (Å²) in [6, 6.07) is 13.3. The zero-order chi connectivity index (χ0) is 17.8. The molecule has 0 unspecified atom stereocenters. The summed E-state index contributed by atoms with van der Waals surface area (Å²) in [6.07, 6.45) is 1.86. The summed E-state index contributed by atoms with van der Waals surface area (Å²) in [5.74, 6) is 1.91. The molecule has 1 amide bonds. The molecule has 134 valence electrons. The van der Waals surface area contributed by atoms with E-state index in [0.29, 0.717) is 24.1 Å². The maximum absolute atomic E-state index is 12.5. The van der Waals surface area contributed by atoms with E-state index in [2.05, 4.69) is 10.2 Å². The molecule has 0 N–H and O–H groups in total. The van der Waals surface area contributed by atoms with Gasteiger partial charge in [-0.25, -0.2) is 0 Å². The van der Waals surface area contributed by atoms with Crippen LogP contribution in [0.15, 0.2) is 52.3 Å². The summed E-state index contributed by atoms with van der Waals surface area (Å²) in [6.45, 7) is 1.36. The molecule has 3 heterocycles. The lowest BCUT2D eigenvalue weighted by atomic mass is 9.98. The van der Waals surface area contributed by atoms with E-state index < -0.39 is 0 Å². The number of carbonyl (C=O) groups is 1. The van der Waals surface area contributed by atoms with Crippen molar-refractivity contribution in [2.75, 3.05) is 19.7 Å². The number of nitrogens with zero attached hydrogens (tertiary/aromatic N) is 3. The predicted molar refractivity (Wildman–Crippen MR) is 98.1 cm³/mol. The van der Waals surface area contributed by atoms with Crippen LogP contribution in [0.1, 0.15) is 24.7 Å². The van der Waals surface area contributed by atoms with E-state index in [4.69, 9.17) is 9.15 Å². The van der Waals surface area contributed by atoms with E-state index in [1.807, 2.05) is 52.7 Å². The van der Waals surface area contributed by atoms with Gasteiger partial charge in [-0.1, -0.05) is 24.3 Å². The fraction of sp³-hybridized carbons (Fsp3) is 0.316. The molecule has 3 aromatic rings. The summed E-state index contributed by atoms with van der Waals surface area (Å²) >= 11 is 1.57. The number of aromatic nitrogens is 2. The normalized spacial score (nSPS) is 17.2. The van der Waals surface area contributed by atoms with Crippen molar-refractivity contribution in [3.8, 4) is 16.5 Å². The molecule has 26 heavy (non-hydrogen) atoms. The van der Waals surface area contributed by atoms with Gasteiger partial charge < -0.3 is 14.1 Å². The second-order valence-electron chi connectivity index (χ2n) is 6.20. The number of rotatable bonds is 5. The van der Waals surface area contributed by atoms with Gasteiger partial charge in [0, 0.05) is 13.1 Å². The van der Waals surface area contributed by atoms with E-state index in [0.717, 1.165) is 24.3 Å². The van der Waals surface area contributed by atoms with Crippen LogP contribution < -0.4 is 4.74 Å². The fourth-order valence-electron chi connectivity index (χ4n) is 3.06. The van der Waals surface area contributed by atoms with Crippen LogP contribution in [0.3, 0.4) is 0 Å². The molecule has 0 saturated carbocycles. The zero-order valence-electron chi connectivity index (χ0n) is 14.2. The van der Waals surface area contributed by atoms with Crippen LogP contribution in [0.4, 0.5) is 0 Å². The first-order valence-corrected chi connectivity index (χ1v) is 9.50. The van der Waals surface area contributed by atoms with E-state index in [-0.39, 0.29) is 18.4 Å². The van der Waals surface area contributed by atoms with E-state index >= 15 is 0 Å². The first-order chi connectivity index (χ1) is 12.8. The smallest absolute Gasteiger partial charge is 0.260 e. The van der Waals surface area contributed by atoms with E-state index in [1.54, 1.807) is 11.3 Å². The number of hydrogen-bond donors (Lipinski definition) is 0. The third-order valence-electron chi connectivity index (χ3n) is 4.40. The molecule has 0 radical (unpaired) electrons. The molecule has 0 bridgehead atoms. The zero-order valence-corrected chi connectivity index (χ0v) is 15.0. The average Bonchev–Trinajstić information content (AvgIpc) is 3.38. The molecule has 1 aromatic carbocycles. The highest BCUT2D eigenvalue weighted by Crippen LogP contribution is 2.30. The van der Waals surface area contributed by atoms with E-state index in [1.165, 1.54) is 0 Å². The molecule has 7 heteroatoms. The van der Waals surface area contributed by atoms with Gasteiger partial charge in [0.15, 0.2) is 6.61 Å². The number of benzene rings is 1. The molecule has 1 aliphatic rings. The largest absolute Gasteiger partial charge is 0.484 e. The lowest BCUT2D eigenvalue weighted by molar-refractivity contribution is -0.134. The maximum Gasteiger partial charge on any atom is 0.260 e. The molecule has 0 aliphatic carbocycles. The molecular weight excluding hydrogens is 350 g/mol. The number of ether oxygens (including phenoxy) is 1. The highest BCUT2D eigenvalue weighted by molar-refractivity contribution is 7.13. The van der Waals surface area contributed by atoms with Gasteiger partial charge in [0.1, 0.15) is 5.75 Å². The summed E-state index contributed by atoms with van der Waals surface area (Å²) in [5, 5.41) is 10.3. The Morgan fingerprint density at radius 3 is 2.92 bits per heavy atom. The number of thiophene rings is 1. The van der Waals surface area contributed by atoms with Crippen molar-refractivity contribution < 1.29 is 13.9 Å². The monoisotopic (exact) mass is 369 g/mol. The second-order valence-corrected chi connectivity index (χ2v) is 7.15. The Balaban J connectivity index is 1.37. The third-order valence-corrected chi connectivity index (χ3v) is 5.26. The molecule has 2 aromatic heterocycles. The molecule has 1 atom stereocenters. The Hall–Kier alpha value is -2.67. The van der Waals surface area contributed by atoms with E-state index in [9.17, 15) is 4.79 Å². The van der Waals surface area contributed by atoms with Crippen LogP contribution in [-0.4, -0.2) is 40.7 Å². The maximum atomic E-state index is 12.5. The topological polar surface area (TPSA) is 68.5 Å². The second kappa shape index (κ2) is 7.70. The van der Waals surface area contributed by atoms with Crippen molar-refractivity contribution in [1.82, 2.24) is 15.1 Å². The van der Waals surface area contributed by atoms with Crippen LogP contribution in [0.2, 0.25) is 0 Å². The van der Waals surface area contributed by atoms with Gasteiger partial charge in [0.05, 0.1) is 10.8 Å². The number of amides is 1. The minimum atomic E-state index is -0.0171. The molecule has 4 rings (SSSR count). The molecule has 6 nitrogen and oxygen atoms in total. The van der Waals surface area contributed by atoms with Gasteiger partial charge >= 0.3 is 0 Å². The Labute approximate surface area is 155 Å². The van der Waals surface area contributed by atoms with Crippen LogP contribution in [0, 0.1) is 0 Å². The van der Waals surface area contributed by atoms with Crippen molar-refractivity contribution in [2.24, 2.45) is 0 Å². The lowest BCUT2D eigenvalue weighted by Crippen LogP contribution is -2.41. The van der Waals surface area contributed by atoms with Gasteiger partial charge in [0.2, 0.25) is 5.89 Å². The number of likely N-dealkylation sites (tertiary alicyclic amines) is 1. The quantitative estimate of drug-likeness (QED) is 0.687. The van der Waals surface area contributed by atoms with Gasteiger partial charge in [-0.05, 0) is 36.4 Å². The molecule has 0 spiro atoms. The van der Waals surface area contributed by atoms with Crippen molar-refractivity contribution in [1.29, 1.82) is 0 Å². The summed E-state index contributed by atoms with van der Waals surface area (Å²) in [7, 11) is 0. The van der Waals surface area contributed by atoms with Gasteiger partial charge in [0.25, 0.3) is 11.8 Å². The van der Waals surface area contributed by atoms with Crippen molar-refractivity contribution in [3.05, 3.63) is 53.7 Å². The molecule has 1 saturated heterocycles. The molecule has 1 fully saturated rings. The third kappa shape index (κ3) is 3.77. The first kappa shape index (κ1) is 16.8. The Bertz CT molecular complexity index is 848. The predicted octanol–water partition coefficient (Wildman–Crippen LogP) is 3.58. The fourth-order valence-corrected chi connectivity index (χ4v) is 3.70. The number of carbonyl (C=O) groups excluding carboxylic acids is 1. The minimum absolute atomic E-state index is 0.0171. The van der Waals surface area contributed by atoms with Crippen LogP contribution in [0.5, 0.6) is 5.75 Å². The Morgan fingerprint density at radius 1 is 1.23 bits per heavy atom. The van der Waals surface area contributed by atoms with Gasteiger partial charge in [-0.2, -0.15) is 0 Å². The Kier molecular flexibility index (Phi) is 4.97. The van der Waals surface area contributed by atoms with Gasteiger partial charge in [-0.15, -0.1) is 21.5 Å². The van der Waals surface area contributed by atoms with Crippen LogP contribution in [0.25, 0.3) is 10.8 Å². The minimum Gasteiger partial charge on any atom is -0.484 e.